The number of amides is 2. The summed E-state index contributed by atoms with van der Waals surface area (Å²) in [5.41, 5.74) is -1.03. The van der Waals surface area contributed by atoms with Crippen molar-refractivity contribution < 1.29 is 28.5 Å². The van der Waals surface area contributed by atoms with Crippen LogP contribution in [0.3, 0.4) is 0 Å². The van der Waals surface area contributed by atoms with Crippen LogP contribution in [0.25, 0.3) is 0 Å². The molecule has 4 saturated heterocycles. The number of carbonyl (C=O) groups is 2. The fraction of sp³-hybridized carbons (Fsp3) is 0.909. The molecule has 168 valence electrons. The maximum atomic E-state index is 13.8. The minimum Gasteiger partial charge on any atom is -0.371 e. The van der Waals surface area contributed by atoms with Crippen molar-refractivity contribution in [3.8, 4) is 0 Å². The van der Waals surface area contributed by atoms with Crippen LogP contribution < -0.4 is 0 Å². The number of epoxide rings is 4. The van der Waals surface area contributed by atoms with Crippen molar-refractivity contribution in [2.45, 2.75) is 58.0 Å². The summed E-state index contributed by atoms with van der Waals surface area (Å²) in [6.07, 6.45) is 2.04. The molecule has 0 aromatic rings. The lowest BCUT2D eigenvalue weighted by Gasteiger charge is -2.43. The topological polar surface area (TPSA) is 90.7 Å². The highest BCUT2D eigenvalue weighted by molar-refractivity contribution is 5.87. The van der Waals surface area contributed by atoms with E-state index >= 15 is 0 Å². The first-order valence-corrected chi connectivity index (χ1v) is 11.3. The molecule has 0 spiro atoms. The van der Waals surface area contributed by atoms with Gasteiger partial charge in [0.05, 0.1) is 56.3 Å². The standard InChI is InChI=1S/C22H34N2O6/c1-21(2)18(19(25)23(6-14-10-27-14)7-15-11-28-15)4-5-22(21,3)20(26)24(8-16-12-29-16)9-17-13-30-17/h14-18H,4-13H2,1-3H3. The van der Waals surface area contributed by atoms with Gasteiger partial charge >= 0.3 is 0 Å². The zero-order valence-electron chi connectivity index (χ0n) is 18.3. The van der Waals surface area contributed by atoms with Crippen LogP contribution in [0.15, 0.2) is 0 Å². The van der Waals surface area contributed by atoms with Crippen LogP contribution in [-0.2, 0) is 28.5 Å². The average Bonchev–Trinajstić information content (AvgIpc) is 3.53. The van der Waals surface area contributed by atoms with Gasteiger partial charge in [-0.25, -0.2) is 0 Å². The fourth-order valence-corrected chi connectivity index (χ4v) is 5.06. The van der Waals surface area contributed by atoms with Gasteiger partial charge in [-0.1, -0.05) is 20.8 Å². The first kappa shape index (κ1) is 20.7. The van der Waals surface area contributed by atoms with Crippen LogP contribution >= 0.6 is 0 Å². The van der Waals surface area contributed by atoms with Crippen LogP contribution in [0.4, 0.5) is 0 Å². The Balaban J connectivity index is 1.31. The fourth-order valence-electron chi connectivity index (χ4n) is 5.06. The molecule has 6 unspecified atom stereocenters. The second-order valence-electron chi connectivity index (χ2n) is 10.4. The van der Waals surface area contributed by atoms with E-state index in [9.17, 15) is 9.59 Å². The van der Waals surface area contributed by atoms with Crippen molar-refractivity contribution in [1.29, 1.82) is 0 Å². The molecular formula is C22H34N2O6. The van der Waals surface area contributed by atoms with Gasteiger partial charge in [-0.2, -0.15) is 0 Å². The van der Waals surface area contributed by atoms with Crippen molar-refractivity contribution in [2.75, 3.05) is 52.6 Å². The number of rotatable bonds is 10. The van der Waals surface area contributed by atoms with Gasteiger partial charge in [0, 0.05) is 32.1 Å². The lowest BCUT2D eigenvalue weighted by Crippen LogP contribution is -2.53. The van der Waals surface area contributed by atoms with Crippen LogP contribution in [0.2, 0.25) is 0 Å². The third-order valence-electron chi connectivity index (χ3n) is 7.90. The first-order chi connectivity index (χ1) is 14.3. The van der Waals surface area contributed by atoms with Crippen LogP contribution in [0, 0.1) is 16.7 Å². The third-order valence-corrected chi connectivity index (χ3v) is 7.90. The van der Waals surface area contributed by atoms with Crippen molar-refractivity contribution in [2.24, 2.45) is 16.7 Å². The lowest BCUT2D eigenvalue weighted by atomic mass is 9.64. The molecule has 1 aliphatic carbocycles. The molecule has 0 bridgehead atoms. The lowest BCUT2D eigenvalue weighted by molar-refractivity contribution is -0.151. The zero-order chi connectivity index (χ0) is 21.1. The van der Waals surface area contributed by atoms with Gasteiger partial charge in [0.15, 0.2) is 0 Å². The van der Waals surface area contributed by atoms with Crippen LogP contribution in [-0.4, -0.2) is 98.6 Å². The summed E-state index contributed by atoms with van der Waals surface area (Å²) in [5.74, 6) is 0.0988. The smallest absolute Gasteiger partial charge is 0.229 e. The van der Waals surface area contributed by atoms with E-state index in [2.05, 4.69) is 20.8 Å². The molecule has 4 heterocycles. The molecule has 0 aromatic carbocycles. The molecule has 1 saturated carbocycles. The summed E-state index contributed by atoms with van der Waals surface area (Å²) in [7, 11) is 0. The predicted octanol–water partition coefficient (Wildman–Crippen LogP) is 0.681. The highest BCUT2D eigenvalue weighted by Gasteiger charge is 2.60. The summed E-state index contributed by atoms with van der Waals surface area (Å²) >= 11 is 0. The maximum absolute atomic E-state index is 13.8. The van der Waals surface area contributed by atoms with Crippen molar-refractivity contribution >= 4 is 11.8 Å². The molecule has 4 aliphatic heterocycles. The second-order valence-corrected chi connectivity index (χ2v) is 10.4. The zero-order valence-corrected chi connectivity index (χ0v) is 18.3. The second kappa shape index (κ2) is 7.43. The van der Waals surface area contributed by atoms with E-state index in [1.54, 1.807) is 0 Å². The van der Waals surface area contributed by atoms with E-state index in [0.717, 1.165) is 39.3 Å². The van der Waals surface area contributed by atoms with Gasteiger partial charge in [-0.3, -0.25) is 9.59 Å². The molecule has 2 amide bonds. The van der Waals surface area contributed by atoms with E-state index in [4.69, 9.17) is 18.9 Å². The molecule has 5 rings (SSSR count). The Morgan fingerprint density at radius 3 is 1.57 bits per heavy atom. The van der Waals surface area contributed by atoms with Gasteiger partial charge in [-0.15, -0.1) is 0 Å². The van der Waals surface area contributed by atoms with Crippen molar-refractivity contribution in [3.63, 3.8) is 0 Å². The molecule has 6 atom stereocenters. The van der Waals surface area contributed by atoms with E-state index in [0.29, 0.717) is 26.2 Å². The Morgan fingerprint density at radius 2 is 1.17 bits per heavy atom. The monoisotopic (exact) mass is 422 g/mol. The van der Waals surface area contributed by atoms with Crippen molar-refractivity contribution in [3.05, 3.63) is 0 Å². The average molecular weight is 423 g/mol. The van der Waals surface area contributed by atoms with Gasteiger partial charge in [0.2, 0.25) is 11.8 Å². The summed E-state index contributed by atoms with van der Waals surface area (Å²) in [6.45, 7) is 11.6. The Labute approximate surface area is 178 Å². The van der Waals surface area contributed by atoms with Crippen LogP contribution in [0.5, 0.6) is 0 Å². The van der Waals surface area contributed by atoms with Gasteiger partial charge in [0.25, 0.3) is 0 Å². The summed E-state index contributed by atoms with van der Waals surface area (Å²) in [5, 5.41) is 0. The van der Waals surface area contributed by atoms with E-state index in [-0.39, 0.29) is 42.1 Å². The minimum absolute atomic E-state index is 0.136. The number of nitrogens with zero attached hydrogens (tertiary/aromatic N) is 2. The number of hydrogen-bond donors (Lipinski definition) is 0. The minimum atomic E-state index is -0.588. The van der Waals surface area contributed by atoms with Crippen LogP contribution in [0.1, 0.15) is 33.6 Å². The number of hydrogen-bond acceptors (Lipinski definition) is 6. The quantitative estimate of drug-likeness (QED) is 0.481. The maximum Gasteiger partial charge on any atom is 0.229 e. The highest BCUT2D eigenvalue weighted by atomic mass is 16.6. The third kappa shape index (κ3) is 4.11. The molecular weight excluding hydrogens is 388 g/mol. The molecule has 5 aliphatic rings. The molecule has 0 N–H and O–H groups in total. The molecule has 8 nitrogen and oxygen atoms in total. The first-order valence-electron chi connectivity index (χ1n) is 11.3. The summed E-state index contributed by atoms with van der Waals surface area (Å²) in [4.78, 5) is 31.2. The molecule has 0 aromatic heterocycles. The van der Waals surface area contributed by atoms with E-state index < -0.39 is 10.8 Å². The van der Waals surface area contributed by atoms with Gasteiger partial charge in [-0.05, 0) is 18.3 Å². The Kier molecular flexibility index (Phi) is 5.12. The molecule has 0 radical (unpaired) electrons. The van der Waals surface area contributed by atoms with Gasteiger partial charge < -0.3 is 28.7 Å². The number of carbonyl (C=O) groups excluding carboxylic acids is 2. The Bertz CT molecular complexity index is 670. The van der Waals surface area contributed by atoms with Crippen molar-refractivity contribution in [1.82, 2.24) is 9.80 Å². The normalized spacial score (nSPS) is 40.0. The largest absolute Gasteiger partial charge is 0.371 e. The van der Waals surface area contributed by atoms with E-state index in [1.165, 1.54) is 0 Å². The molecule has 5 fully saturated rings. The summed E-state index contributed by atoms with van der Waals surface area (Å²) in [6, 6.07) is 0. The highest BCUT2D eigenvalue weighted by Crippen LogP contribution is 2.57. The molecule has 8 heteroatoms. The number of ether oxygens (including phenoxy) is 4. The predicted molar refractivity (Wildman–Crippen MR) is 107 cm³/mol. The SMILES string of the molecule is CC1(C(=O)N(CC2CO2)CC2CO2)CCC(C(=O)N(CC2CO2)CC2CO2)C1(C)C. The van der Waals surface area contributed by atoms with Gasteiger partial charge in [0.1, 0.15) is 0 Å². The Hall–Kier alpha value is -1.22. The Morgan fingerprint density at radius 1 is 0.767 bits per heavy atom. The summed E-state index contributed by atoms with van der Waals surface area (Å²) < 4.78 is 21.6. The van der Waals surface area contributed by atoms with E-state index in [1.807, 2.05) is 9.80 Å². The molecule has 30 heavy (non-hydrogen) atoms.